The van der Waals surface area contributed by atoms with Crippen molar-refractivity contribution in [3.8, 4) is 11.5 Å². The van der Waals surface area contributed by atoms with Crippen molar-refractivity contribution in [2.75, 3.05) is 19.0 Å². The van der Waals surface area contributed by atoms with Crippen molar-refractivity contribution in [3.05, 3.63) is 77.6 Å². The highest BCUT2D eigenvalue weighted by atomic mass is 16.5. The molecular formula is C21H19NO4. The van der Waals surface area contributed by atoms with Gasteiger partial charge in [0.1, 0.15) is 17.1 Å². The molecule has 1 heterocycles. The molecule has 132 valence electrons. The lowest BCUT2D eigenvalue weighted by Gasteiger charge is -2.18. The van der Waals surface area contributed by atoms with E-state index in [1.54, 1.807) is 18.4 Å². The van der Waals surface area contributed by atoms with Crippen molar-refractivity contribution >= 4 is 23.3 Å². The minimum Gasteiger partial charge on any atom is -0.507 e. The Morgan fingerprint density at radius 1 is 1.15 bits per heavy atom. The van der Waals surface area contributed by atoms with Crippen molar-refractivity contribution in [1.29, 1.82) is 0 Å². The van der Waals surface area contributed by atoms with Gasteiger partial charge in [0.15, 0.2) is 0 Å². The van der Waals surface area contributed by atoms with E-state index in [1.165, 1.54) is 12.1 Å². The SMILES string of the molecule is CN(C)c1ccc2c(c1)OC=C/C2=C\C=C\c1ccc(O)c(C(=O)O)c1. The molecule has 0 saturated carbocycles. The number of nitrogens with zero attached hydrogens (tertiary/aromatic N) is 1. The molecular weight excluding hydrogens is 330 g/mol. The van der Waals surface area contributed by atoms with Gasteiger partial charge in [-0.2, -0.15) is 0 Å². The van der Waals surface area contributed by atoms with Crippen LogP contribution in [0.1, 0.15) is 21.5 Å². The van der Waals surface area contributed by atoms with E-state index in [2.05, 4.69) is 0 Å². The van der Waals surface area contributed by atoms with Crippen LogP contribution in [0.25, 0.3) is 11.6 Å². The largest absolute Gasteiger partial charge is 0.507 e. The van der Waals surface area contributed by atoms with Crippen LogP contribution in [0.4, 0.5) is 5.69 Å². The molecule has 2 aromatic rings. The third-order valence-electron chi connectivity index (χ3n) is 4.05. The van der Waals surface area contributed by atoms with Gasteiger partial charge in [-0.15, -0.1) is 0 Å². The van der Waals surface area contributed by atoms with E-state index in [0.717, 1.165) is 22.6 Å². The molecule has 0 radical (unpaired) electrons. The van der Waals surface area contributed by atoms with E-state index in [0.29, 0.717) is 5.56 Å². The number of rotatable bonds is 4. The van der Waals surface area contributed by atoms with E-state index in [9.17, 15) is 9.90 Å². The average molecular weight is 349 g/mol. The molecule has 5 heteroatoms. The van der Waals surface area contributed by atoms with Crippen LogP contribution in [0, 0.1) is 0 Å². The summed E-state index contributed by atoms with van der Waals surface area (Å²) in [5.41, 5.74) is 3.60. The second kappa shape index (κ2) is 7.19. The number of hydrogen-bond acceptors (Lipinski definition) is 4. The molecule has 0 unspecified atom stereocenters. The summed E-state index contributed by atoms with van der Waals surface area (Å²) in [6.07, 6.45) is 9.08. The molecule has 0 aliphatic carbocycles. The quantitative estimate of drug-likeness (QED) is 0.867. The molecule has 0 fully saturated rings. The zero-order chi connectivity index (χ0) is 18.7. The fraction of sp³-hybridized carbons (Fsp3) is 0.0952. The number of fused-ring (bicyclic) bond motifs is 1. The zero-order valence-corrected chi connectivity index (χ0v) is 14.5. The Hall–Kier alpha value is -3.47. The standard InChI is InChI=1S/C21H19NO4/c1-22(2)16-7-8-17-15(10-11-26-20(17)13-16)5-3-4-14-6-9-19(23)18(12-14)21(24)25/h3-13,23H,1-2H3,(H,24,25)/b4-3+,15-5+. The molecule has 26 heavy (non-hydrogen) atoms. The fourth-order valence-corrected chi connectivity index (χ4v) is 2.63. The summed E-state index contributed by atoms with van der Waals surface area (Å²) >= 11 is 0. The van der Waals surface area contributed by atoms with E-state index in [1.807, 2.05) is 55.4 Å². The highest BCUT2D eigenvalue weighted by Crippen LogP contribution is 2.34. The number of carboxylic acids is 1. The lowest BCUT2D eigenvalue weighted by Crippen LogP contribution is -2.09. The fourth-order valence-electron chi connectivity index (χ4n) is 2.63. The van der Waals surface area contributed by atoms with Gasteiger partial charge in [-0.3, -0.25) is 0 Å². The van der Waals surface area contributed by atoms with E-state index in [-0.39, 0.29) is 11.3 Å². The Morgan fingerprint density at radius 2 is 1.96 bits per heavy atom. The number of aromatic carboxylic acids is 1. The lowest BCUT2D eigenvalue weighted by molar-refractivity contribution is 0.0693. The Kier molecular flexibility index (Phi) is 4.80. The highest BCUT2D eigenvalue weighted by molar-refractivity contribution is 5.91. The number of anilines is 1. The zero-order valence-electron chi connectivity index (χ0n) is 14.5. The number of carboxylic acid groups (broad SMARTS) is 1. The van der Waals surface area contributed by atoms with Crippen molar-refractivity contribution in [1.82, 2.24) is 0 Å². The van der Waals surface area contributed by atoms with Crippen LogP contribution < -0.4 is 9.64 Å². The summed E-state index contributed by atoms with van der Waals surface area (Å²) in [5.74, 6) is -0.615. The van der Waals surface area contributed by atoms with Crippen LogP contribution in [0.2, 0.25) is 0 Å². The molecule has 0 amide bonds. The minimum atomic E-state index is -1.16. The third-order valence-corrected chi connectivity index (χ3v) is 4.05. The average Bonchev–Trinajstić information content (AvgIpc) is 2.62. The minimum absolute atomic E-state index is 0.118. The Labute approximate surface area is 151 Å². The molecule has 5 nitrogen and oxygen atoms in total. The monoisotopic (exact) mass is 349 g/mol. The van der Waals surface area contributed by atoms with Crippen molar-refractivity contribution in [2.45, 2.75) is 0 Å². The van der Waals surface area contributed by atoms with Crippen LogP contribution in [0.15, 0.2) is 60.9 Å². The Morgan fingerprint density at radius 3 is 2.69 bits per heavy atom. The van der Waals surface area contributed by atoms with Gasteiger partial charge in [0.2, 0.25) is 0 Å². The summed E-state index contributed by atoms with van der Waals surface area (Å²) < 4.78 is 5.60. The van der Waals surface area contributed by atoms with E-state index in [4.69, 9.17) is 9.84 Å². The van der Waals surface area contributed by atoms with Crippen LogP contribution >= 0.6 is 0 Å². The lowest BCUT2D eigenvalue weighted by atomic mass is 10.0. The van der Waals surface area contributed by atoms with Gasteiger partial charge in [-0.1, -0.05) is 24.3 Å². The maximum Gasteiger partial charge on any atom is 0.339 e. The third kappa shape index (κ3) is 3.62. The molecule has 0 spiro atoms. The summed E-state index contributed by atoms with van der Waals surface area (Å²) in [7, 11) is 3.95. The molecule has 0 saturated heterocycles. The Bertz CT molecular complexity index is 939. The second-order valence-electron chi connectivity index (χ2n) is 6.06. The number of phenols is 1. The number of aromatic hydroxyl groups is 1. The molecule has 1 aliphatic heterocycles. The summed E-state index contributed by atoms with van der Waals surface area (Å²) in [4.78, 5) is 13.1. The summed E-state index contributed by atoms with van der Waals surface area (Å²) in [6, 6.07) is 10.5. The smallest absolute Gasteiger partial charge is 0.339 e. The van der Waals surface area contributed by atoms with Gasteiger partial charge in [-0.05, 0) is 41.5 Å². The maximum atomic E-state index is 11.1. The van der Waals surface area contributed by atoms with Gasteiger partial charge in [0, 0.05) is 31.4 Å². The first kappa shape index (κ1) is 17.4. The van der Waals surface area contributed by atoms with Gasteiger partial charge >= 0.3 is 5.97 Å². The molecule has 2 aromatic carbocycles. The van der Waals surface area contributed by atoms with Crippen LogP contribution in [0.3, 0.4) is 0 Å². The van der Waals surface area contributed by atoms with Crippen LogP contribution in [0.5, 0.6) is 11.5 Å². The van der Waals surface area contributed by atoms with Crippen molar-refractivity contribution < 1.29 is 19.7 Å². The van der Waals surface area contributed by atoms with E-state index < -0.39 is 5.97 Å². The number of carbonyl (C=O) groups is 1. The number of benzene rings is 2. The molecule has 1 aliphatic rings. The first-order chi connectivity index (χ1) is 12.5. The second-order valence-corrected chi connectivity index (χ2v) is 6.06. The first-order valence-electron chi connectivity index (χ1n) is 8.05. The molecule has 0 aromatic heterocycles. The predicted octanol–water partition coefficient (Wildman–Crippen LogP) is 4.16. The van der Waals surface area contributed by atoms with Crippen molar-refractivity contribution in [2.24, 2.45) is 0 Å². The Balaban J connectivity index is 1.87. The maximum absolute atomic E-state index is 11.1. The summed E-state index contributed by atoms with van der Waals surface area (Å²) in [5, 5.41) is 18.6. The number of hydrogen-bond donors (Lipinski definition) is 2. The number of ether oxygens (including phenoxy) is 1. The van der Waals surface area contributed by atoms with Crippen LogP contribution in [-0.2, 0) is 0 Å². The first-order valence-corrected chi connectivity index (χ1v) is 8.05. The van der Waals surface area contributed by atoms with Gasteiger partial charge < -0.3 is 19.8 Å². The number of allylic oxidation sites excluding steroid dienone is 4. The van der Waals surface area contributed by atoms with Gasteiger partial charge in [-0.25, -0.2) is 4.79 Å². The summed E-state index contributed by atoms with van der Waals surface area (Å²) in [6.45, 7) is 0. The topological polar surface area (TPSA) is 70.0 Å². The molecule has 0 bridgehead atoms. The van der Waals surface area contributed by atoms with Gasteiger partial charge in [0.25, 0.3) is 0 Å². The normalized spacial score (nSPS) is 14.3. The molecule has 3 rings (SSSR count). The van der Waals surface area contributed by atoms with Gasteiger partial charge in [0.05, 0.1) is 6.26 Å². The molecule has 0 atom stereocenters. The molecule has 2 N–H and O–H groups in total. The van der Waals surface area contributed by atoms with E-state index >= 15 is 0 Å². The van der Waals surface area contributed by atoms with Crippen LogP contribution in [-0.4, -0.2) is 30.3 Å². The highest BCUT2D eigenvalue weighted by Gasteiger charge is 2.12. The van der Waals surface area contributed by atoms with Crippen molar-refractivity contribution in [3.63, 3.8) is 0 Å². The predicted molar refractivity (Wildman–Crippen MR) is 103 cm³/mol.